The Hall–Kier alpha value is -1.19. The fraction of sp³-hybridized carbons (Fsp3) is 0.769. The molecule has 0 aliphatic carbocycles. The number of nitrogens with one attached hydrogen (secondary N) is 1. The van der Waals surface area contributed by atoms with Crippen molar-refractivity contribution in [2.24, 2.45) is 7.05 Å². The van der Waals surface area contributed by atoms with Gasteiger partial charge < -0.3 is 10.2 Å². The molecule has 17 heavy (non-hydrogen) atoms. The Labute approximate surface area is 103 Å². The summed E-state index contributed by atoms with van der Waals surface area (Å²) in [6.45, 7) is 4.46. The minimum atomic E-state index is 0.671. The highest BCUT2D eigenvalue weighted by Gasteiger charge is 2.31. The summed E-state index contributed by atoms with van der Waals surface area (Å²) in [5, 5.41) is 8.25. The first kappa shape index (κ1) is 10.9. The Morgan fingerprint density at radius 2 is 2.24 bits per heavy atom. The number of hydrogen-bond acceptors (Lipinski definition) is 3. The van der Waals surface area contributed by atoms with E-state index in [0.29, 0.717) is 6.04 Å². The van der Waals surface area contributed by atoms with Crippen molar-refractivity contribution in [2.45, 2.75) is 45.1 Å². The van der Waals surface area contributed by atoms with Crippen LogP contribution in [0.2, 0.25) is 0 Å². The second-order valence-electron chi connectivity index (χ2n) is 5.20. The summed E-state index contributed by atoms with van der Waals surface area (Å²) in [4.78, 5) is 2.59. The molecule has 0 amide bonds. The van der Waals surface area contributed by atoms with Gasteiger partial charge in [0.05, 0.1) is 5.69 Å². The normalized spacial score (nSPS) is 23.6. The van der Waals surface area contributed by atoms with Gasteiger partial charge in [-0.3, -0.25) is 4.68 Å². The van der Waals surface area contributed by atoms with E-state index in [9.17, 15) is 0 Å². The molecule has 0 bridgehead atoms. The van der Waals surface area contributed by atoms with Crippen molar-refractivity contribution in [3.63, 3.8) is 0 Å². The smallest absolute Gasteiger partial charge is 0.150 e. The molecule has 1 aromatic rings. The molecular formula is C13H22N4. The van der Waals surface area contributed by atoms with Crippen LogP contribution in [0.4, 0.5) is 11.5 Å². The summed E-state index contributed by atoms with van der Waals surface area (Å²) in [6.07, 6.45) is 6.40. The zero-order chi connectivity index (χ0) is 11.8. The van der Waals surface area contributed by atoms with Gasteiger partial charge in [-0.1, -0.05) is 19.8 Å². The maximum absolute atomic E-state index is 4.64. The zero-order valence-corrected chi connectivity index (χ0v) is 10.9. The molecule has 2 aliphatic rings. The SMILES string of the molecule is CCc1nn(C)c2c1NCC1CCCCCN21. The fourth-order valence-corrected chi connectivity index (χ4v) is 3.22. The van der Waals surface area contributed by atoms with E-state index in [1.165, 1.54) is 49.4 Å². The number of hydrogen-bond donors (Lipinski definition) is 1. The van der Waals surface area contributed by atoms with Crippen LogP contribution in [0.25, 0.3) is 0 Å². The minimum Gasteiger partial charge on any atom is -0.378 e. The van der Waals surface area contributed by atoms with Gasteiger partial charge in [-0.2, -0.15) is 5.10 Å². The second kappa shape index (κ2) is 4.24. The van der Waals surface area contributed by atoms with Crippen LogP contribution in [0.15, 0.2) is 0 Å². The average Bonchev–Trinajstić information content (AvgIpc) is 2.53. The van der Waals surface area contributed by atoms with Crippen molar-refractivity contribution in [1.82, 2.24) is 9.78 Å². The van der Waals surface area contributed by atoms with Gasteiger partial charge in [-0.05, 0) is 19.3 Å². The third-order valence-corrected chi connectivity index (χ3v) is 4.09. The van der Waals surface area contributed by atoms with Crippen molar-refractivity contribution >= 4 is 11.5 Å². The van der Waals surface area contributed by atoms with Gasteiger partial charge in [0.1, 0.15) is 5.69 Å². The molecule has 1 atom stereocenters. The van der Waals surface area contributed by atoms with Gasteiger partial charge in [-0.15, -0.1) is 0 Å². The highest BCUT2D eigenvalue weighted by atomic mass is 15.4. The van der Waals surface area contributed by atoms with Crippen molar-refractivity contribution in [3.05, 3.63) is 5.69 Å². The molecule has 0 radical (unpaired) electrons. The molecule has 3 heterocycles. The van der Waals surface area contributed by atoms with Crippen LogP contribution in [0.5, 0.6) is 0 Å². The van der Waals surface area contributed by atoms with Crippen LogP contribution < -0.4 is 10.2 Å². The Bertz CT molecular complexity index is 410. The lowest BCUT2D eigenvalue weighted by Gasteiger charge is -2.37. The van der Waals surface area contributed by atoms with Crippen LogP contribution in [0.3, 0.4) is 0 Å². The van der Waals surface area contributed by atoms with Crippen molar-refractivity contribution in [1.29, 1.82) is 0 Å². The molecule has 1 aromatic heterocycles. The van der Waals surface area contributed by atoms with E-state index in [1.807, 2.05) is 0 Å². The lowest BCUT2D eigenvalue weighted by molar-refractivity contribution is 0.565. The van der Waals surface area contributed by atoms with Crippen LogP contribution >= 0.6 is 0 Å². The fourth-order valence-electron chi connectivity index (χ4n) is 3.22. The van der Waals surface area contributed by atoms with Crippen LogP contribution in [-0.4, -0.2) is 28.9 Å². The number of anilines is 2. The maximum atomic E-state index is 4.64. The summed E-state index contributed by atoms with van der Waals surface area (Å²) in [7, 11) is 2.08. The van der Waals surface area contributed by atoms with E-state index in [4.69, 9.17) is 0 Å². The van der Waals surface area contributed by atoms with Gasteiger partial charge in [0.15, 0.2) is 5.82 Å². The molecule has 2 aliphatic heterocycles. The second-order valence-corrected chi connectivity index (χ2v) is 5.20. The Morgan fingerprint density at radius 1 is 1.35 bits per heavy atom. The summed E-state index contributed by atoms with van der Waals surface area (Å²) in [5.74, 6) is 1.32. The van der Waals surface area contributed by atoms with E-state index >= 15 is 0 Å². The number of aryl methyl sites for hydroxylation is 2. The predicted molar refractivity (Wildman–Crippen MR) is 70.7 cm³/mol. The lowest BCUT2D eigenvalue weighted by Crippen LogP contribution is -2.44. The third-order valence-electron chi connectivity index (χ3n) is 4.09. The molecule has 1 saturated heterocycles. The molecule has 1 unspecified atom stereocenters. The van der Waals surface area contributed by atoms with E-state index in [1.54, 1.807) is 0 Å². The summed E-state index contributed by atoms with van der Waals surface area (Å²) >= 11 is 0. The van der Waals surface area contributed by atoms with Crippen molar-refractivity contribution in [2.75, 3.05) is 23.3 Å². The van der Waals surface area contributed by atoms with E-state index < -0.39 is 0 Å². The first-order valence-corrected chi connectivity index (χ1v) is 6.87. The van der Waals surface area contributed by atoms with E-state index in [0.717, 1.165) is 13.0 Å². The van der Waals surface area contributed by atoms with Crippen molar-refractivity contribution in [3.8, 4) is 0 Å². The van der Waals surface area contributed by atoms with Crippen molar-refractivity contribution < 1.29 is 0 Å². The topological polar surface area (TPSA) is 33.1 Å². The highest BCUT2D eigenvalue weighted by Crippen LogP contribution is 2.36. The predicted octanol–water partition coefficient (Wildman–Crippen LogP) is 2.16. The number of aromatic nitrogens is 2. The largest absolute Gasteiger partial charge is 0.378 e. The van der Waals surface area contributed by atoms with E-state index in [2.05, 4.69) is 34.0 Å². The van der Waals surface area contributed by atoms with Gasteiger partial charge >= 0.3 is 0 Å². The molecule has 0 aromatic carbocycles. The zero-order valence-electron chi connectivity index (χ0n) is 10.9. The van der Waals surface area contributed by atoms with Gasteiger partial charge in [0, 0.05) is 26.2 Å². The number of rotatable bonds is 1. The van der Waals surface area contributed by atoms with Crippen LogP contribution in [0, 0.1) is 0 Å². The molecule has 4 heteroatoms. The van der Waals surface area contributed by atoms with E-state index in [-0.39, 0.29) is 0 Å². The maximum Gasteiger partial charge on any atom is 0.150 e. The van der Waals surface area contributed by atoms with Crippen LogP contribution in [0.1, 0.15) is 38.3 Å². The molecule has 4 nitrogen and oxygen atoms in total. The molecule has 1 fully saturated rings. The minimum absolute atomic E-state index is 0.671. The molecule has 1 N–H and O–H groups in total. The summed E-state index contributed by atoms with van der Waals surface area (Å²) in [5.41, 5.74) is 2.50. The average molecular weight is 234 g/mol. The van der Waals surface area contributed by atoms with Gasteiger partial charge in [-0.25, -0.2) is 0 Å². The Kier molecular flexibility index (Phi) is 2.73. The number of fused-ring (bicyclic) bond motifs is 3. The summed E-state index contributed by atoms with van der Waals surface area (Å²) < 4.78 is 2.07. The molecular weight excluding hydrogens is 212 g/mol. The summed E-state index contributed by atoms with van der Waals surface area (Å²) in [6, 6.07) is 0.671. The van der Waals surface area contributed by atoms with Gasteiger partial charge in [0.2, 0.25) is 0 Å². The Morgan fingerprint density at radius 3 is 3.06 bits per heavy atom. The molecule has 94 valence electrons. The lowest BCUT2D eigenvalue weighted by atomic mass is 10.1. The first-order valence-electron chi connectivity index (χ1n) is 6.87. The highest BCUT2D eigenvalue weighted by molar-refractivity contribution is 5.72. The first-order chi connectivity index (χ1) is 8.31. The Balaban J connectivity index is 2.01. The molecule has 0 saturated carbocycles. The third kappa shape index (κ3) is 1.70. The molecule has 0 spiro atoms. The number of nitrogens with zero attached hydrogens (tertiary/aromatic N) is 3. The van der Waals surface area contributed by atoms with Gasteiger partial charge in [0.25, 0.3) is 0 Å². The van der Waals surface area contributed by atoms with Crippen LogP contribution in [-0.2, 0) is 13.5 Å². The standard InChI is InChI=1S/C13H22N4/c1-3-11-12-13(16(2)15-11)17-8-6-4-5-7-10(17)9-14-12/h10,14H,3-9H2,1-2H3. The molecule has 3 rings (SSSR count). The monoisotopic (exact) mass is 234 g/mol. The quantitative estimate of drug-likeness (QED) is 0.808.